The summed E-state index contributed by atoms with van der Waals surface area (Å²) >= 11 is 1.45. The largest absolute Gasteiger partial charge is 0.325 e. The lowest BCUT2D eigenvalue weighted by atomic mass is 10.1. The zero-order valence-electron chi connectivity index (χ0n) is 16.3. The van der Waals surface area contributed by atoms with Crippen molar-refractivity contribution in [3.05, 3.63) is 101 Å². The molecule has 1 N–H and O–H groups in total. The predicted octanol–water partition coefficient (Wildman–Crippen LogP) is 4.18. The van der Waals surface area contributed by atoms with Gasteiger partial charge in [-0.3, -0.25) is 14.6 Å². The lowest BCUT2D eigenvalue weighted by Gasteiger charge is -2.28. The highest BCUT2D eigenvalue weighted by atomic mass is 32.2. The maximum absolute atomic E-state index is 12.6. The average molecular weight is 416 g/mol. The van der Waals surface area contributed by atoms with Crippen molar-refractivity contribution in [3.63, 3.8) is 0 Å². The molecule has 0 radical (unpaired) electrons. The minimum absolute atomic E-state index is 0.0150. The van der Waals surface area contributed by atoms with Gasteiger partial charge in [-0.05, 0) is 52.8 Å². The van der Waals surface area contributed by atoms with Gasteiger partial charge < -0.3 is 10.2 Å². The highest BCUT2D eigenvalue weighted by Crippen LogP contribution is 2.28. The highest BCUT2D eigenvalue weighted by molar-refractivity contribution is 8.03. The monoisotopic (exact) mass is 415 g/mol. The number of aromatic nitrogens is 1. The van der Waals surface area contributed by atoms with Crippen LogP contribution in [0.2, 0.25) is 0 Å². The fourth-order valence-corrected chi connectivity index (χ4v) is 4.06. The molecule has 6 heteroatoms. The topological polar surface area (TPSA) is 62.3 Å². The van der Waals surface area contributed by atoms with Crippen LogP contribution in [0.5, 0.6) is 0 Å². The van der Waals surface area contributed by atoms with Gasteiger partial charge in [-0.25, -0.2) is 0 Å². The third-order valence-corrected chi connectivity index (χ3v) is 5.56. The van der Waals surface area contributed by atoms with Gasteiger partial charge in [-0.2, -0.15) is 0 Å². The quantitative estimate of drug-likeness (QED) is 0.656. The molecular formula is C24H21N3O2S. The lowest BCUT2D eigenvalue weighted by molar-refractivity contribution is -0.129. The molecule has 2 heterocycles. The van der Waals surface area contributed by atoms with Crippen LogP contribution >= 0.6 is 11.8 Å². The number of pyridine rings is 1. The summed E-state index contributed by atoms with van der Waals surface area (Å²) in [5.41, 5.74) is 4.73. The van der Waals surface area contributed by atoms with Gasteiger partial charge in [-0.1, -0.05) is 42.5 Å². The molecule has 1 aliphatic rings. The summed E-state index contributed by atoms with van der Waals surface area (Å²) in [6.07, 6.45) is 4.37. The number of carbonyl (C=O) groups is 2. The van der Waals surface area contributed by atoms with Crippen LogP contribution < -0.4 is 5.32 Å². The van der Waals surface area contributed by atoms with Gasteiger partial charge in [0.05, 0.1) is 11.4 Å². The molecule has 150 valence electrons. The van der Waals surface area contributed by atoms with Gasteiger partial charge in [0, 0.05) is 18.1 Å². The molecule has 0 unspecified atom stereocenters. The van der Waals surface area contributed by atoms with Gasteiger partial charge in [0.25, 0.3) is 0 Å². The number of hydrogen-bond acceptors (Lipinski definition) is 4. The molecule has 4 rings (SSSR count). The van der Waals surface area contributed by atoms with Crippen LogP contribution in [0.4, 0.5) is 5.69 Å². The lowest BCUT2D eigenvalue weighted by Crippen LogP contribution is -2.39. The molecule has 5 nitrogen and oxygen atoms in total. The number of thioether (sulfide) groups is 1. The van der Waals surface area contributed by atoms with Crippen molar-refractivity contribution >= 4 is 35.0 Å². The van der Waals surface area contributed by atoms with E-state index < -0.39 is 0 Å². The Labute approximate surface area is 179 Å². The number of carbonyl (C=O) groups excluding carboxylic acids is 2. The molecule has 0 atom stereocenters. The van der Waals surface area contributed by atoms with Crippen LogP contribution in [0.25, 0.3) is 5.70 Å². The number of amides is 2. The smallest absolute Gasteiger partial charge is 0.244 e. The molecule has 1 aromatic heterocycles. The van der Waals surface area contributed by atoms with E-state index in [0.29, 0.717) is 11.4 Å². The maximum atomic E-state index is 12.6. The predicted molar refractivity (Wildman–Crippen MR) is 121 cm³/mol. The van der Waals surface area contributed by atoms with Gasteiger partial charge in [0.2, 0.25) is 11.8 Å². The molecule has 3 aromatic rings. The fourth-order valence-electron chi connectivity index (χ4n) is 3.26. The van der Waals surface area contributed by atoms with E-state index in [1.165, 1.54) is 17.3 Å². The van der Waals surface area contributed by atoms with Crippen LogP contribution in [-0.4, -0.2) is 34.0 Å². The van der Waals surface area contributed by atoms with E-state index >= 15 is 0 Å². The summed E-state index contributed by atoms with van der Waals surface area (Å²) in [4.78, 5) is 30.7. The summed E-state index contributed by atoms with van der Waals surface area (Å²) < 4.78 is 0. The first-order valence-corrected chi connectivity index (χ1v) is 10.7. The van der Waals surface area contributed by atoms with Crippen molar-refractivity contribution < 1.29 is 9.59 Å². The normalized spacial score (nSPS) is 13.7. The van der Waals surface area contributed by atoms with Crippen molar-refractivity contribution in [2.24, 2.45) is 0 Å². The van der Waals surface area contributed by atoms with Crippen molar-refractivity contribution in [1.29, 1.82) is 0 Å². The van der Waals surface area contributed by atoms with E-state index in [2.05, 4.69) is 10.3 Å². The van der Waals surface area contributed by atoms with Crippen LogP contribution in [0.3, 0.4) is 0 Å². The molecule has 30 heavy (non-hydrogen) atoms. The Morgan fingerprint density at radius 3 is 2.40 bits per heavy atom. The average Bonchev–Trinajstić information content (AvgIpc) is 2.78. The standard InChI is InChI=1S/C24H21N3O2S/c28-23(15-27-22(16-30-17-24(27)29)20-4-2-1-3-5-20)26-21-8-6-18(7-9-21)14-19-10-12-25-13-11-19/h1-13,16H,14-15,17H2,(H,26,28). The number of nitrogens with zero attached hydrogens (tertiary/aromatic N) is 2. The first kappa shape index (κ1) is 19.9. The van der Waals surface area contributed by atoms with Crippen LogP contribution in [0.1, 0.15) is 16.7 Å². The second kappa shape index (κ2) is 9.41. The SMILES string of the molecule is O=C(CN1C(=O)CSC=C1c1ccccc1)Nc1ccc(Cc2ccncc2)cc1. The minimum Gasteiger partial charge on any atom is -0.325 e. The number of rotatable bonds is 6. The van der Waals surface area contributed by atoms with Crippen LogP contribution in [0, 0.1) is 0 Å². The van der Waals surface area contributed by atoms with Crippen molar-refractivity contribution in [2.45, 2.75) is 6.42 Å². The van der Waals surface area contributed by atoms with Crippen LogP contribution in [-0.2, 0) is 16.0 Å². The van der Waals surface area contributed by atoms with Crippen molar-refractivity contribution in [2.75, 3.05) is 17.6 Å². The third-order valence-electron chi connectivity index (χ3n) is 4.76. The molecule has 0 spiro atoms. The molecule has 1 aliphatic heterocycles. The van der Waals surface area contributed by atoms with E-state index in [1.54, 1.807) is 17.3 Å². The van der Waals surface area contributed by atoms with E-state index in [0.717, 1.165) is 23.2 Å². The van der Waals surface area contributed by atoms with Gasteiger partial charge in [-0.15, -0.1) is 11.8 Å². The number of nitrogens with one attached hydrogen (secondary N) is 1. The Kier molecular flexibility index (Phi) is 6.25. The zero-order chi connectivity index (χ0) is 20.8. The number of hydrogen-bond donors (Lipinski definition) is 1. The fraction of sp³-hybridized carbons (Fsp3) is 0.125. The molecule has 0 aliphatic carbocycles. The molecule has 2 aromatic carbocycles. The van der Waals surface area contributed by atoms with Gasteiger partial charge in [0.1, 0.15) is 6.54 Å². The maximum Gasteiger partial charge on any atom is 0.244 e. The Morgan fingerprint density at radius 2 is 1.67 bits per heavy atom. The molecular weight excluding hydrogens is 394 g/mol. The Balaban J connectivity index is 1.40. The molecule has 0 saturated heterocycles. The van der Waals surface area contributed by atoms with E-state index in [9.17, 15) is 9.59 Å². The zero-order valence-corrected chi connectivity index (χ0v) is 17.1. The Bertz CT molecular complexity index is 1050. The highest BCUT2D eigenvalue weighted by Gasteiger charge is 2.25. The molecule has 0 fully saturated rings. The molecule has 0 saturated carbocycles. The second-order valence-corrected chi connectivity index (χ2v) is 7.80. The van der Waals surface area contributed by atoms with Gasteiger partial charge in [0.15, 0.2) is 0 Å². The summed E-state index contributed by atoms with van der Waals surface area (Å²) in [6, 6.07) is 21.4. The number of anilines is 1. The summed E-state index contributed by atoms with van der Waals surface area (Å²) in [7, 11) is 0. The summed E-state index contributed by atoms with van der Waals surface area (Å²) in [5.74, 6) is 0.0519. The van der Waals surface area contributed by atoms with Gasteiger partial charge >= 0.3 is 0 Å². The second-order valence-electron chi connectivity index (χ2n) is 6.94. The van der Waals surface area contributed by atoms with Crippen molar-refractivity contribution in [1.82, 2.24) is 9.88 Å². The number of benzene rings is 2. The summed E-state index contributed by atoms with van der Waals surface area (Å²) in [5, 5.41) is 4.84. The van der Waals surface area contributed by atoms with Crippen molar-refractivity contribution in [3.8, 4) is 0 Å². The summed E-state index contributed by atoms with van der Waals surface area (Å²) in [6.45, 7) is -0.0150. The van der Waals surface area contributed by atoms with E-state index in [4.69, 9.17) is 0 Å². The Morgan fingerprint density at radius 1 is 0.967 bits per heavy atom. The first-order chi connectivity index (χ1) is 14.7. The van der Waals surface area contributed by atoms with E-state index in [-0.39, 0.29) is 18.4 Å². The minimum atomic E-state index is -0.223. The molecule has 0 bridgehead atoms. The van der Waals surface area contributed by atoms with Crippen LogP contribution in [0.15, 0.2) is 84.5 Å². The first-order valence-electron chi connectivity index (χ1n) is 9.64. The van der Waals surface area contributed by atoms with E-state index in [1.807, 2.05) is 72.1 Å². The Hall–Kier alpha value is -3.38. The molecule has 2 amide bonds. The third kappa shape index (κ3) is 4.96.